The first-order valence-electron chi connectivity index (χ1n) is 5.54. The van der Waals surface area contributed by atoms with Crippen LogP contribution in [0.15, 0.2) is 24.3 Å². The molecule has 1 aromatic carbocycles. The standard InChI is InChI=1S/C13H19NO2/c1-4-11-5-7-12(8-6-11)9-10-14(2)13(15)16-3/h5-8H,4,9-10H2,1-3H3. The summed E-state index contributed by atoms with van der Waals surface area (Å²) < 4.78 is 4.62. The number of hydrogen-bond donors (Lipinski definition) is 0. The van der Waals surface area contributed by atoms with Crippen LogP contribution in [0.4, 0.5) is 4.79 Å². The van der Waals surface area contributed by atoms with Crippen LogP contribution in [0.1, 0.15) is 18.1 Å². The van der Waals surface area contributed by atoms with Gasteiger partial charge in [0.25, 0.3) is 0 Å². The molecule has 0 heterocycles. The maximum Gasteiger partial charge on any atom is 0.409 e. The predicted molar refractivity (Wildman–Crippen MR) is 64.6 cm³/mol. The van der Waals surface area contributed by atoms with Crippen molar-refractivity contribution in [3.63, 3.8) is 0 Å². The van der Waals surface area contributed by atoms with Gasteiger partial charge in [0.05, 0.1) is 7.11 Å². The average Bonchev–Trinajstić information content (AvgIpc) is 2.35. The third-order valence-corrected chi connectivity index (χ3v) is 2.65. The average molecular weight is 221 g/mol. The Labute approximate surface area is 97.0 Å². The van der Waals surface area contributed by atoms with E-state index in [1.165, 1.54) is 18.2 Å². The summed E-state index contributed by atoms with van der Waals surface area (Å²) in [4.78, 5) is 12.7. The van der Waals surface area contributed by atoms with Crippen LogP contribution in [-0.2, 0) is 17.6 Å². The molecule has 3 nitrogen and oxygen atoms in total. The summed E-state index contributed by atoms with van der Waals surface area (Å²) in [5.41, 5.74) is 2.58. The van der Waals surface area contributed by atoms with E-state index in [0.717, 1.165) is 12.8 Å². The number of carbonyl (C=O) groups excluding carboxylic acids is 1. The number of carbonyl (C=O) groups is 1. The van der Waals surface area contributed by atoms with Crippen molar-refractivity contribution in [2.45, 2.75) is 19.8 Å². The maximum absolute atomic E-state index is 11.1. The molecule has 0 aliphatic rings. The first-order chi connectivity index (χ1) is 7.67. The van der Waals surface area contributed by atoms with E-state index in [1.807, 2.05) is 0 Å². The zero-order chi connectivity index (χ0) is 12.0. The smallest absolute Gasteiger partial charge is 0.409 e. The van der Waals surface area contributed by atoms with Crippen LogP contribution in [0, 0.1) is 0 Å². The van der Waals surface area contributed by atoms with Gasteiger partial charge in [-0.25, -0.2) is 4.79 Å². The molecule has 0 saturated heterocycles. The van der Waals surface area contributed by atoms with Crippen LogP contribution in [0.25, 0.3) is 0 Å². The number of likely N-dealkylation sites (N-methyl/N-ethyl adjacent to an activating group) is 1. The van der Waals surface area contributed by atoms with Crippen molar-refractivity contribution in [1.82, 2.24) is 4.90 Å². The zero-order valence-corrected chi connectivity index (χ0v) is 10.2. The van der Waals surface area contributed by atoms with Crippen molar-refractivity contribution < 1.29 is 9.53 Å². The minimum Gasteiger partial charge on any atom is -0.453 e. The van der Waals surface area contributed by atoms with E-state index >= 15 is 0 Å². The lowest BCUT2D eigenvalue weighted by molar-refractivity contribution is 0.134. The van der Waals surface area contributed by atoms with E-state index in [-0.39, 0.29) is 6.09 Å². The van der Waals surface area contributed by atoms with Crippen LogP contribution in [0.5, 0.6) is 0 Å². The van der Waals surface area contributed by atoms with E-state index in [1.54, 1.807) is 11.9 Å². The van der Waals surface area contributed by atoms with Gasteiger partial charge in [0.1, 0.15) is 0 Å². The third-order valence-electron chi connectivity index (χ3n) is 2.65. The number of hydrogen-bond acceptors (Lipinski definition) is 2. The van der Waals surface area contributed by atoms with Gasteiger partial charge in [-0.2, -0.15) is 0 Å². The molecule has 88 valence electrons. The summed E-state index contributed by atoms with van der Waals surface area (Å²) in [5.74, 6) is 0. The van der Waals surface area contributed by atoms with E-state index in [9.17, 15) is 4.79 Å². The molecule has 0 N–H and O–H groups in total. The second kappa shape index (κ2) is 6.16. The molecule has 0 atom stereocenters. The fraction of sp³-hybridized carbons (Fsp3) is 0.462. The van der Waals surface area contributed by atoms with Gasteiger partial charge in [0.2, 0.25) is 0 Å². The Kier molecular flexibility index (Phi) is 4.83. The van der Waals surface area contributed by atoms with Crippen molar-refractivity contribution in [3.8, 4) is 0 Å². The highest BCUT2D eigenvalue weighted by atomic mass is 16.5. The summed E-state index contributed by atoms with van der Waals surface area (Å²) in [6, 6.07) is 8.49. The highest BCUT2D eigenvalue weighted by Gasteiger charge is 2.07. The Morgan fingerprint density at radius 1 is 1.25 bits per heavy atom. The maximum atomic E-state index is 11.1. The van der Waals surface area contributed by atoms with E-state index in [4.69, 9.17) is 0 Å². The highest BCUT2D eigenvalue weighted by molar-refractivity contribution is 5.66. The summed E-state index contributed by atoms with van der Waals surface area (Å²) in [6.45, 7) is 2.82. The summed E-state index contributed by atoms with van der Waals surface area (Å²) in [6.07, 6.45) is 1.63. The molecule has 0 spiro atoms. The summed E-state index contributed by atoms with van der Waals surface area (Å²) in [7, 11) is 3.14. The number of aryl methyl sites for hydroxylation is 1. The number of ether oxygens (including phenoxy) is 1. The normalized spacial score (nSPS) is 9.94. The molecule has 0 aromatic heterocycles. The Morgan fingerprint density at radius 2 is 1.81 bits per heavy atom. The largest absolute Gasteiger partial charge is 0.453 e. The molecule has 0 saturated carbocycles. The van der Waals surface area contributed by atoms with Gasteiger partial charge in [-0.3, -0.25) is 0 Å². The molecule has 0 unspecified atom stereocenters. The molecule has 1 aromatic rings. The van der Waals surface area contributed by atoms with Gasteiger partial charge in [-0.05, 0) is 24.0 Å². The monoisotopic (exact) mass is 221 g/mol. The fourth-order valence-corrected chi connectivity index (χ4v) is 1.49. The van der Waals surface area contributed by atoms with E-state index in [2.05, 4.69) is 35.9 Å². The minimum absolute atomic E-state index is 0.287. The first-order valence-corrected chi connectivity index (χ1v) is 5.54. The SMILES string of the molecule is CCc1ccc(CCN(C)C(=O)OC)cc1. The molecule has 0 aliphatic carbocycles. The number of benzene rings is 1. The molecule has 0 bridgehead atoms. The molecule has 0 aliphatic heterocycles. The molecule has 1 amide bonds. The number of nitrogens with zero attached hydrogens (tertiary/aromatic N) is 1. The lowest BCUT2D eigenvalue weighted by Gasteiger charge is -2.15. The molecule has 1 rings (SSSR count). The van der Waals surface area contributed by atoms with Gasteiger partial charge in [-0.1, -0.05) is 31.2 Å². The Hall–Kier alpha value is -1.51. The number of rotatable bonds is 4. The topological polar surface area (TPSA) is 29.5 Å². The van der Waals surface area contributed by atoms with Crippen molar-refractivity contribution >= 4 is 6.09 Å². The number of methoxy groups -OCH3 is 1. The first kappa shape index (κ1) is 12.6. The van der Waals surface area contributed by atoms with Gasteiger partial charge in [-0.15, -0.1) is 0 Å². The summed E-state index contributed by atoms with van der Waals surface area (Å²) >= 11 is 0. The molecular weight excluding hydrogens is 202 g/mol. The molecule has 0 radical (unpaired) electrons. The van der Waals surface area contributed by atoms with E-state index < -0.39 is 0 Å². The quantitative estimate of drug-likeness (QED) is 0.781. The minimum atomic E-state index is -0.287. The second-order valence-electron chi connectivity index (χ2n) is 3.81. The fourth-order valence-electron chi connectivity index (χ4n) is 1.49. The van der Waals surface area contributed by atoms with Crippen molar-refractivity contribution in [3.05, 3.63) is 35.4 Å². The third kappa shape index (κ3) is 3.57. The Bertz CT molecular complexity index is 332. The van der Waals surface area contributed by atoms with Gasteiger partial charge < -0.3 is 9.64 Å². The zero-order valence-electron chi connectivity index (χ0n) is 10.2. The molecular formula is C13H19NO2. The summed E-state index contributed by atoms with van der Waals surface area (Å²) in [5, 5.41) is 0. The van der Waals surface area contributed by atoms with E-state index in [0.29, 0.717) is 6.54 Å². The molecule has 3 heteroatoms. The van der Waals surface area contributed by atoms with Gasteiger partial charge >= 0.3 is 6.09 Å². The predicted octanol–water partition coefficient (Wildman–Crippen LogP) is 2.49. The molecule has 0 fully saturated rings. The van der Waals surface area contributed by atoms with Gasteiger partial charge in [0, 0.05) is 13.6 Å². The van der Waals surface area contributed by atoms with Crippen LogP contribution in [0.2, 0.25) is 0 Å². The lowest BCUT2D eigenvalue weighted by atomic mass is 10.1. The lowest BCUT2D eigenvalue weighted by Crippen LogP contribution is -2.28. The van der Waals surface area contributed by atoms with Crippen LogP contribution < -0.4 is 0 Å². The number of amides is 1. The Morgan fingerprint density at radius 3 is 2.31 bits per heavy atom. The van der Waals surface area contributed by atoms with Crippen LogP contribution in [-0.4, -0.2) is 31.7 Å². The highest BCUT2D eigenvalue weighted by Crippen LogP contribution is 2.06. The van der Waals surface area contributed by atoms with Gasteiger partial charge in [0.15, 0.2) is 0 Å². The van der Waals surface area contributed by atoms with Crippen molar-refractivity contribution in [2.75, 3.05) is 20.7 Å². The van der Waals surface area contributed by atoms with Crippen LogP contribution >= 0.6 is 0 Å². The van der Waals surface area contributed by atoms with Crippen molar-refractivity contribution in [2.24, 2.45) is 0 Å². The Balaban J connectivity index is 2.45. The van der Waals surface area contributed by atoms with Crippen molar-refractivity contribution in [1.29, 1.82) is 0 Å². The van der Waals surface area contributed by atoms with Crippen LogP contribution in [0.3, 0.4) is 0 Å². The molecule has 16 heavy (non-hydrogen) atoms. The second-order valence-corrected chi connectivity index (χ2v) is 3.81.